The monoisotopic (exact) mass is 402 g/mol. The number of pyridine rings is 1. The maximum absolute atomic E-state index is 12.7. The van der Waals surface area contributed by atoms with E-state index in [9.17, 15) is 18.0 Å². The first-order valence-electron chi connectivity index (χ1n) is 8.42. The molecule has 0 aliphatic rings. The van der Waals surface area contributed by atoms with E-state index in [1.165, 1.54) is 12.4 Å². The van der Waals surface area contributed by atoms with Crippen molar-refractivity contribution in [2.45, 2.75) is 19.3 Å². The maximum atomic E-state index is 12.7. The van der Waals surface area contributed by atoms with E-state index in [4.69, 9.17) is 0 Å². The van der Waals surface area contributed by atoms with Crippen molar-refractivity contribution in [1.29, 1.82) is 0 Å². The highest BCUT2D eigenvalue weighted by Gasteiger charge is 2.38. The van der Waals surface area contributed by atoms with Gasteiger partial charge in [0.1, 0.15) is 6.54 Å². The van der Waals surface area contributed by atoms with Crippen molar-refractivity contribution >= 4 is 16.9 Å². The van der Waals surface area contributed by atoms with E-state index in [2.05, 4.69) is 29.9 Å². The van der Waals surface area contributed by atoms with E-state index in [1.54, 1.807) is 41.2 Å². The summed E-state index contributed by atoms with van der Waals surface area (Å²) in [4.78, 5) is 23.7. The number of nitrogens with one attached hydrogen (secondary N) is 1. The number of carbonyl (C=O) groups is 1. The number of fused-ring (bicyclic) bond motifs is 1. The van der Waals surface area contributed by atoms with Crippen molar-refractivity contribution in [3.63, 3.8) is 0 Å². The topological polar surface area (TPSA) is 98.7 Å². The van der Waals surface area contributed by atoms with E-state index < -0.39 is 12.1 Å². The summed E-state index contributed by atoms with van der Waals surface area (Å²) in [7, 11) is 0. The van der Waals surface area contributed by atoms with Crippen molar-refractivity contribution < 1.29 is 22.5 Å². The number of rotatable bonds is 5. The van der Waals surface area contributed by atoms with Gasteiger partial charge in [0, 0.05) is 24.5 Å². The molecule has 4 aromatic rings. The Morgan fingerprint density at radius 1 is 1.17 bits per heavy atom. The third-order valence-corrected chi connectivity index (χ3v) is 4.10. The molecule has 0 bridgehead atoms. The van der Waals surface area contributed by atoms with Crippen molar-refractivity contribution in [2.75, 3.05) is 0 Å². The van der Waals surface area contributed by atoms with Crippen LogP contribution in [0.2, 0.25) is 0 Å². The molecule has 148 valence electrons. The third kappa shape index (κ3) is 4.08. The van der Waals surface area contributed by atoms with Crippen LogP contribution in [0.1, 0.15) is 11.5 Å². The van der Waals surface area contributed by atoms with Gasteiger partial charge < -0.3 is 14.4 Å². The Bertz CT molecular complexity index is 1150. The number of hydrogen-bond donors (Lipinski definition) is 1. The van der Waals surface area contributed by atoms with E-state index in [0.717, 1.165) is 5.56 Å². The van der Waals surface area contributed by atoms with Crippen LogP contribution in [-0.2, 0) is 24.1 Å². The van der Waals surface area contributed by atoms with E-state index in [1.807, 2.05) is 0 Å². The van der Waals surface area contributed by atoms with Crippen LogP contribution in [0.5, 0.6) is 0 Å². The quantitative estimate of drug-likeness (QED) is 0.551. The predicted molar refractivity (Wildman–Crippen MR) is 94.1 cm³/mol. The minimum Gasteiger partial charge on any atom is -0.350 e. The standard InChI is InChI=1S/C18H13F3N6O2/c19-18(20,21)17-25-16(26-29-17)12-1-2-13-14(7-12)27(10-24-13)9-15(28)23-8-11-3-5-22-6-4-11/h1-7,10H,8-9H2,(H,23,28). The Labute approximate surface area is 161 Å². The summed E-state index contributed by atoms with van der Waals surface area (Å²) in [6, 6.07) is 8.29. The van der Waals surface area contributed by atoms with Crippen LogP contribution in [0.15, 0.2) is 53.6 Å². The molecule has 1 amide bonds. The predicted octanol–water partition coefficient (Wildman–Crippen LogP) is 2.82. The van der Waals surface area contributed by atoms with Gasteiger partial charge in [0.2, 0.25) is 11.7 Å². The van der Waals surface area contributed by atoms with E-state index in [-0.39, 0.29) is 18.3 Å². The summed E-state index contributed by atoms with van der Waals surface area (Å²) in [5, 5.41) is 6.17. The lowest BCUT2D eigenvalue weighted by atomic mass is 10.2. The number of halogens is 3. The molecule has 1 N–H and O–H groups in total. The van der Waals surface area contributed by atoms with E-state index >= 15 is 0 Å². The molecule has 0 spiro atoms. The lowest BCUT2D eigenvalue weighted by molar-refractivity contribution is -0.159. The zero-order valence-corrected chi connectivity index (χ0v) is 14.7. The Balaban J connectivity index is 1.52. The molecule has 1 aromatic carbocycles. The van der Waals surface area contributed by atoms with Gasteiger partial charge >= 0.3 is 12.1 Å². The fourth-order valence-electron chi connectivity index (χ4n) is 2.69. The first-order chi connectivity index (χ1) is 13.9. The zero-order chi connectivity index (χ0) is 20.4. The molecular formula is C18H13F3N6O2. The summed E-state index contributed by atoms with van der Waals surface area (Å²) >= 11 is 0. The number of nitrogens with zero attached hydrogens (tertiary/aromatic N) is 5. The molecule has 0 saturated heterocycles. The van der Waals surface area contributed by atoms with Crippen molar-refractivity contribution in [2.24, 2.45) is 0 Å². The maximum Gasteiger partial charge on any atom is 0.471 e. The fraction of sp³-hybridized carbons (Fsp3) is 0.167. The molecule has 3 heterocycles. The molecule has 0 aliphatic carbocycles. The average Bonchev–Trinajstić information content (AvgIpc) is 3.34. The second-order valence-corrected chi connectivity index (χ2v) is 6.13. The number of alkyl halides is 3. The smallest absolute Gasteiger partial charge is 0.350 e. The minimum atomic E-state index is -4.72. The van der Waals surface area contributed by atoms with Gasteiger partial charge in [-0.15, -0.1) is 0 Å². The van der Waals surface area contributed by atoms with Gasteiger partial charge in [0.05, 0.1) is 17.4 Å². The van der Waals surface area contributed by atoms with Crippen LogP contribution in [0.3, 0.4) is 0 Å². The second-order valence-electron chi connectivity index (χ2n) is 6.13. The number of benzene rings is 1. The number of hydrogen-bond acceptors (Lipinski definition) is 6. The molecule has 0 unspecified atom stereocenters. The van der Waals surface area contributed by atoms with Gasteiger partial charge in [-0.2, -0.15) is 18.2 Å². The van der Waals surface area contributed by atoms with Gasteiger partial charge in [0.15, 0.2) is 0 Å². The third-order valence-electron chi connectivity index (χ3n) is 4.10. The number of amides is 1. The van der Waals surface area contributed by atoms with Gasteiger partial charge in [-0.3, -0.25) is 9.78 Å². The highest BCUT2D eigenvalue weighted by Crippen LogP contribution is 2.30. The number of aromatic nitrogens is 5. The summed E-state index contributed by atoms with van der Waals surface area (Å²) < 4.78 is 43.9. The Morgan fingerprint density at radius 2 is 1.97 bits per heavy atom. The molecule has 8 nitrogen and oxygen atoms in total. The van der Waals surface area contributed by atoms with Gasteiger partial charge in [-0.05, 0) is 35.9 Å². The molecule has 0 aliphatic heterocycles. The SMILES string of the molecule is O=C(Cn1cnc2ccc(-c3noc(C(F)(F)F)n3)cc21)NCc1ccncc1. The minimum absolute atomic E-state index is 0.00885. The molecule has 29 heavy (non-hydrogen) atoms. The molecule has 0 fully saturated rings. The molecule has 11 heteroatoms. The normalized spacial score (nSPS) is 11.7. The second kappa shape index (κ2) is 7.34. The summed E-state index contributed by atoms with van der Waals surface area (Å²) in [6.45, 7) is 0.341. The average molecular weight is 402 g/mol. The van der Waals surface area contributed by atoms with E-state index in [0.29, 0.717) is 23.1 Å². The van der Waals surface area contributed by atoms with Crippen LogP contribution >= 0.6 is 0 Å². The van der Waals surface area contributed by atoms with Crippen LogP contribution in [0.4, 0.5) is 13.2 Å². The molecule has 3 aromatic heterocycles. The largest absolute Gasteiger partial charge is 0.471 e. The highest BCUT2D eigenvalue weighted by molar-refractivity contribution is 5.83. The lowest BCUT2D eigenvalue weighted by Crippen LogP contribution is -2.26. The number of imidazole rings is 1. The van der Waals surface area contributed by atoms with Crippen molar-refractivity contribution in [3.8, 4) is 11.4 Å². The van der Waals surface area contributed by atoms with Crippen molar-refractivity contribution in [3.05, 3.63) is 60.5 Å². The molecule has 4 rings (SSSR count). The van der Waals surface area contributed by atoms with Crippen LogP contribution in [0, 0.1) is 0 Å². The zero-order valence-electron chi connectivity index (χ0n) is 14.7. The number of carbonyl (C=O) groups excluding carboxylic acids is 1. The lowest BCUT2D eigenvalue weighted by Gasteiger charge is -2.07. The first kappa shape index (κ1) is 18.6. The fourth-order valence-corrected chi connectivity index (χ4v) is 2.69. The highest BCUT2D eigenvalue weighted by atomic mass is 19.4. The Kier molecular flexibility index (Phi) is 4.71. The van der Waals surface area contributed by atoms with Crippen LogP contribution in [-0.4, -0.2) is 30.6 Å². The summed E-state index contributed by atoms with van der Waals surface area (Å²) in [5.41, 5.74) is 2.36. The Hall–Kier alpha value is -3.76. The molecule has 0 atom stereocenters. The molecule has 0 saturated carbocycles. The molecule has 0 radical (unpaired) electrons. The Morgan fingerprint density at radius 3 is 2.69 bits per heavy atom. The van der Waals surface area contributed by atoms with Gasteiger partial charge in [-0.25, -0.2) is 4.98 Å². The first-order valence-corrected chi connectivity index (χ1v) is 8.42. The van der Waals surface area contributed by atoms with Crippen molar-refractivity contribution in [1.82, 2.24) is 30.0 Å². The summed E-state index contributed by atoms with van der Waals surface area (Å²) in [6.07, 6.45) is 0.0327. The van der Waals surface area contributed by atoms with Gasteiger partial charge in [0.25, 0.3) is 0 Å². The van der Waals surface area contributed by atoms with Gasteiger partial charge in [-0.1, -0.05) is 5.16 Å². The summed E-state index contributed by atoms with van der Waals surface area (Å²) in [5.74, 6) is -1.86. The van der Waals surface area contributed by atoms with Crippen LogP contribution in [0.25, 0.3) is 22.4 Å². The molecular weight excluding hydrogens is 389 g/mol. The van der Waals surface area contributed by atoms with Crippen LogP contribution < -0.4 is 5.32 Å².